The molecule has 60 valence electrons. The number of ether oxygens (including phenoxy) is 2. The third-order valence-electron chi connectivity index (χ3n) is 1.19. The number of rotatable bonds is 1. The van der Waals surface area contributed by atoms with Crippen LogP contribution in [-0.4, -0.2) is 30.3 Å². The van der Waals surface area contributed by atoms with Crippen LogP contribution in [0.15, 0.2) is 11.8 Å². The fourth-order valence-corrected chi connectivity index (χ4v) is 0.653. The van der Waals surface area contributed by atoms with Gasteiger partial charge in [-0.25, -0.2) is 9.59 Å². The van der Waals surface area contributed by atoms with Crippen molar-refractivity contribution in [1.82, 2.24) is 0 Å². The van der Waals surface area contributed by atoms with Crippen LogP contribution >= 0.6 is 0 Å². The molecule has 1 unspecified atom stereocenters. The number of carbonyl (C=O) groups excluding carboxylic acids is 2. The molecular formula is C6H6O5. The Morgan fingerprint density at radius 1 is 1.82 bits per heavy atom. The number of hydrogen-bond acceptors (Lipinski definition) is 5. The van der Waals surface area contributed by atoms with Gasteiger partial charge in [-0.3, -0.25) is 0 Å². The topological polar surface area (TPSA) is 72.8 Å². The number of aliphatic hydroxyl groups is 1. The van der Waals surface area contributed by atoms with Crippen LogP contribution in [0.4, 0.5) is 0 Å². The van der Waals surface area contributed by atoms with E-state index in [1.807, 2.05) is 0 Å². The smallest absolute Gasteiger partial charge is 0.374 e. The molecule has 1 heterocycles. The summed E-state index contributed by atoms with van der Waals surface area (Å²) in [5.74, 6) is -2.16. The SMILES string of the molecule is COC(=O)C1C=C(O)C(=O)O1. The molecule has 1 N–H and O–H groups in total. The number of methoxy groups -OCH3 is 1. The molecule has 0 bridgehead atoms. The van der Waals surface area contributed by atoms with Crippen LogP contribution in [0.2, 0.25) is 0 Å². The van der Waals surface area contributed by atoms with Crippen molar-refractivity contribution in [3.63, 3.8) is 0 Å². The van der Waals surface area contributed by atoms with Crippen molar-refractivity contribution >= 4 is 11.9 Å². The minimum absolute atomic E-state index is 0.555. The quantitative estimate of drug-likeness (QED) is 0.522. The van der Waals surface area contributed by atoms with Crippen LogP contribution in [0.3, 0.4) is 0 Å². The van der Waals surface area contributed by atoms with Crippen molar-refractivity contribution in [3.8, 4) is 0 Å². The summed E-state index contributed by atoms with van der Waals surface area (Å²) in [6.45, 7) is 0. The lowest BCUT2D eigenvalue weighted by Gasteiger charge is -2.03. The van der Waals surface area contributed by atoms with Gasteiger partial charge in [-0.05, 0) is 0 Å². The highest BCUT2D eigenvalue weighted by atomic mass is 16.6. The van der Waals surface area contributed by atoms with Crippen LogP contribution in [0, 0.1) is 0 Å². The Morgan fingerprint density at radius 3 is 2.82 bits per heavy atom. The highest BCUT2D eigenvalue weighted by Gasteiger charge is 2.31. The fraction of sp³-hybridized carbons (Fsp3) is 0.333. The van der Waals surface area contributed by atoms with Gasteiger partial charge >= 0.3 is 11.9 Å². The fourth-order valence-electron chi connectivity index (χ4n) is 0.653. The minimum atomic E-state index is -1.09. The molecule has 0 aromatic carbocycles. The Kier molecular flexibility index (Phi) is 1.80. The van der Waals surface area contributed by atoms with Gasteiger partial charge in [0, 0.05) is 6.08 Å². The maximum absolute atomic E-state index is 10.7. The average molecular weight is 158 g/mol. The van der Waals surface area contributed by atoms with E-state index in [1.165, 1.54) is 7.11 Å². The first kappa shape index (κ1) is 7.59. The normalized spacial score (nSPS) is 22.5. The second-order valence-electron chi connectivity index (χ2n) is 1.90. The van der Waals surface area contributed by atoms with E-state index >= 15 is 0 Å². The summed E-state index contributed by atoms with van der Waals surface area (Å²) in [7, 11) is 1.17. The van der Waals surface area contributed by atoms with Crippen molar-refractivity contribution in [3.05, 3.63) is 11.8 Å². The van der Waals surface area contributed by atoms with Crippen LogP contribution in [0.1, 0.15) is 0 Å². The van der Waals surface area contributed by atoms with E-state index in [0.717, 1.165) is 6.08 Å². The molecule has 5 heteroatoms. The van der Waals surface area contributed by atoms with Gasteiger partial charge in [0.05, 0.1) is 7.11 Å². The number of esters is 2. The standard InChI is InChI=1S/C6H6O5/c1-10-6(9)4-2-3(7)5(8)11-4/h2,4,7H,1H3. The van der Waals surface area contributed by atoms with E-state index in [2.05, 4.69) is 9.47 Å². The van der Waals surface area contributed by atoms with Gasteiger partial charge in [0.25, 0.3) is 0 Å². The number of carbonyl (C=O) groups is 2. The molecule has 0 saturated heterocycles. The summed E-state index contributed by atoms with van der Waals surface area (Å²) in [6, 6.07) is 0. The minimum Gasteiger partial charge on any atom is -0.502 e. The summed E-state index contributed by atoms with van der Waals surface area (Å²) in [6.07, 6.45) is -0.0961. The van der Waals surface area contributed by atoms with Crippen LogP contribution in [0.25, 0.3) is 0 Å². The molecule has 0 aromatic rings. The molecule has 0 amide bonds. The monoisotopic (exact) mass is 158 g/mol. The molecule has 0 fully saturated rings. The van der Waals surface area contributed by atoms with E-state index in [9.17, 15) is 9.59 Å². The van der Waals surface area contributed by atoms with E-state index in [-0.39, 0.29) is 0 Å². The lowest BCUT2D eigenvalue weighted by atomic mass is 10.3. The molecule has 1 aliphatic heterocycles. The number of cyclic esters (lactones) is 1. The van der Waals surface area contributed by atoms with Gasteiger partial charge in [-0.1, -0.05) is 0 Å². The van der Waals surface area contributed by atoms with Crippen LogP contribution < -0.4 is 0 Å². The first-order valence-corrected chi connectivity index (χ1v) is 2.84. The predicted molar refractivity (Wildman–Crippen MR) is 32.6 cm³/mol. The van der Waals surface area contributed by atoms with E-state index in [0.29, 0.717) is 0 Å². The molecule has 0 spiro atoms. The lowest BCUT2D eigenvalue weighted by Crippen LogP contribution is -2.21. The first-order chi connectivity index (χ1) is 5.15. The van der Waals surface area contributed by atoms with Gasteiger partial charge in [-0.15, -0.1) is 0 Å². The zero-order chi connectivity index (χ0) is 8.43. The van der Waals surface area contributed by atoms with Gasteiger partial charge in [0.2, 0.25) is 11.9 Å². The zero-order valence-corrected chi connectivity index (χ0v) is 5.73. The second-order valence-corrected chi connectivity index (χ2v) is 1.90. The summed E-state index contributed by atoms with van der Waals surface area (Å²) >= 11 is 0. The van der Waals surface area contributed by atoms with Crippen molar-refractivity contribution in [2.75, 3.05) is 7.11 Å². The molecule has 0 saturated carbocycles. The molecule has 0 aromatic heterocycles. The Hall–Kier alpha value is -1.52. The van der Waals surface area contributed by atoms with Gasteiger partial charge in [-0.2, -0.15) is 0 Å². The molecule has 11 heavy (non-hydrogen) atoms. The second kappa shape index (κ2) is 2.61. The average Bonchev–Trinajstić information content (AvgIpc) is 2.31. The highest BCUT2D eigenvalue weighted by Crippen LogP contribution is 2.11. The molecule has 1 aliphatic rings. The Bertz CT molecular complexity index is 229. The largest absolute Gasteiger partial charge is 0.502 e. The Labute approximate surface area is 62.2 Å². The van der Waals surface area contributed by atoms with Gasteiger partial charge < -0.3 is 14.6 Å². The van der Waals surface area contributed by atoms with Crippen molar-refractivity contribution in [1.29, 1.82) is 0 Å². The highest BCUT2D eigenvalue weighted by molar-refractivity contribution is 5.93. The predicted octanol–water partition coefficient (Wildman–Crippen LogP) is -0.473. The van der Waals surface area contributed by atoms with Gasteiger partial charge in [0.15, 0.2) is 0 Å². The molecular weight excluding hydrogens is 152 g/mol. The third-order valence-corrected chi connectivity index (χ3v) is 1.19. The van der Waals surface area contributed by atoms with Crippen LogP contribution in [-0.2, 0) is 19.1 Å². The first-order valence-electron chi connectivity index (χ1n) is 2.84. The third kappa shape index (κ3) is 1.31. The maximum Gasteiger partial charge on any atom is 0.374 e. The van der Waals surface area contributed by atoms with Crippen molar-refractivity contribution < 1.29 is 24.2 Å². The Morgan fingerprint density at radius 2 is 2.45 bits per heavy atom. The van der Waals surface area contributed by atoms with Crippen LogP contribution in [0.5, 0.6) is 0 Å². The summed E-state index contributed by atoms with van der Waals surface area (Å²) in [4.78, 5) is 21.1. The summed E-state index contributed by atoms with van der Waals surface area (Å²) in [5, 5.41) is 8.69. The lowest BCUT2D eigenvalue weighted by molar-refractivity contribution is -0.158. The molecule has 1 rings (SSSR count). The number of hydrogen-bond donors (Lipinski definition) is 1. The molecule has 0 radical (unpaired) electrons. The maximum atomic E-state index is 10.7. The summed E-state index contributed by atoms with van der Waals surface area (Å²) < 4.78 is 8.63. The number of aliphatic hydroxyl groups excluding tert-OH is 1. The van der Waals surface area contributed by atoms with Gasteiger partial charge in [0.1, 0.15) is 0 Å². The van der Waals surface area contributed by atoms with Crippen molar-refractivity contribution in [2.24, 2.45) is 0 Å². The van der Waals surface area contributed by atoms with Crippen molar-refractivity contribution in [2.45, 2.75) is 6.10 Å². The van der Waals surface area contributed by atoms with E-state index < -0.39 is 23.8 Å². The molecule has 5 nitrogen and oxygen atoms in total. The van der Waals surface area contributed by atoms with E-state index in [1.54, 1.807) is 0 Å². The molecule has 1 atom stereocenters. The zero-order valence-electron chi connectivity index (χ0n) is 5.73. The van der Waals surface area contributed by atoms with E-state index in [4.69, 9.17) is 5.11 Å². The molecule has 0 aliphatic carbocycles. The summed E-state index contributed by atoms with van der Waals surface area (Å²) in [5.41, 5.74) is 0. The Balaban J connectivity index is 2.68.